The van der Waals surface area contributed by atoms with E-state index in [9.17, 15) is 13.2 Å². The number of benzene rings is 2. The van der Waals surface area contributed by atoms with E-state index < -0.39 is 11.7 Å². The number of alkyl halides is 3. The van der Waals surface area contributed by atoms with Crippen molar-refractivity contribution in [3.8, 4) is 11.5 Å². The predicted octanol–water partition coefficient (Wildman–Crippen LogP) is 4.64. The summed E-state index contributed by atoms with van der Waals surface area (Å²) in [6, 6.07) is 10.7. The molecule has 0 aliphatic rings. The van der Waals surface area contributed by atoms with E-state index in [1.165, 1.54) is 12.1 Å². The molecule has 0 spiro atoms. The average Bonchev–Trinajstić information content (AvgIpc) is 2.40. The number of nitrogen functional groups attached to an aromatic ring is 1. The second kappa shape index (κ2) is 5.45. The Hall–Kier alpha value is -2.17. The van der Waals surface area contributed by atoms with Gasteiger partial charge in [0.25, 0.3) is 0 Å². The molecule has 0 saturated carbocycles. The molecular weight excluding hydrogens is 267 g/mol. The molecule has 5 heteroatoms. The maximum Gasteiger partial charge on any atom is 0.418 e. The Morgan fingerprint density at radius 2 is 1.75 bits per heavy atom. The topological polar surface area (TPSA) is 35.2 Å². The van der Waals surface area contributed by atoms with E-state index >= 15 is 0 Å². The highest BCUT2D eigenvalue weighted by molar-refractivity contribution is 5.52. The third-order valence-electron chi connectivity index (χ3n) is 2.87. The summed E-state index contributed by atoms with van der Waals surface area (Å²) < 4.78 is 43.7. The Bertz CT molecular complexity index is 608. The second-order valence-corrected chi connectivity index (χ2v) is 4.35. The van der Waals surface area contributed by atoms with Crippen LogP contribution in [0.4, 0.5) is 18.9 Å². The lowest BCUT2D eigenvalue weighted by Crippen LogP contribution is -2.08. The van der Waals surface area contributed by atoms with E-state index in [4.69, 9.17) is 10.5 Å². The Kier molecular flexibility index (Phi) is 3.88. The van der Waals surface area contributed by atoms with Gasteiger partial charge in [0.2, 0.25) is 0 Å². The molecule has 0 unspecified atom stereocenters. The molecule has 0 saturated heterocycles. The van der Waals surface area contributed by atoms with Gasteiger partial charge in [-0.2, -0.15) is 13.2 Å². The van der Waals surface area contributed by atoms with Crippen LogP contribution < -0.4 is 10.5 Å². The van der Waals surface area contributed by atoms with E-state index in [0.717, 1.165) is 18.1 Å². The first kappa shape index (κ1) is 14.2. The summed E-state index contributed by atoms with van der Waals surface area (Å²) in [4.78, 5) is 0. The fourth-order valence-corrected chi connectivity index (χ4v) is 1.81. The molecule has 2 aromatic rings. The molecule has 0 aliphatic carbocycles. The largest absolute Gasteiger partial charge is 0.457 e. The SMILES string of the molecule is CCc1cccc(Oc2ccc(N)c(C(F)(F)F)c2)c1. The molecule has 0 aliphatic heterocycles. The van der Waals surface area contributed by atoms with Crippen LogP contribution >= 0.6 is 0 Å². The number of aryl methyl sites for hydroxylation is 1. The zero-order valence-corrected chi connectivity index (χ0v) is 10.9. The van der Waals surface area contributed by atoms with E-state index in [-0.39, 0.29) is 11.4 Å². The summed E-state index contributed by atoms with van der Waals surface area (Å²) in [6.07, 6.45) is -3.67. The third-order valence-corrected chi connectivity index (χ3v) is 2.87. The van der Waals surface area contributed by atoms with Crippen LogP contribution in [0.1, 0.15) is 18.1 Å². The zero-order valence-electron chi connectivity index (χ0n) is 10.9. The van der Waals surface area contributed by atoms with E-state index in [1.807, 2.05) is 13.0 Å². The molecule has 2 rings (SSSR count). The number of nitrogens with two attached hydrogens (primary N) is 1. The van der Waals surface area contributed by atoms with Crippen molar-refractivity contribution in [1.29, 1.82) is 0 Å². The van der Waals surface area contributed by atoms with Crippen molar-refractivity contribution >= 4 is 5.69 Å². The molecule has 0 heterocycles. The molecule has 106 valence electrons. The maximum atomic E-state index is 12.8. The fourth-order valence-electron chi connectivity index (χ4n) is 1.81. The van der Waals surface area contributed by atoms with Crippen LogP contribution in [0.2, 0.25) is 0 Å². The monoisotopic (exact) mass is 281 g/mol. The van der Waals surface area contributed by atoms with Crippen LogP contribution in [0.15, 0.2) is 42.5 Å². The molecule has 0 aromatic heterocycles. The molecule has 2 aromatic carbocycles. The number of rotatable bonds is 3. The first-order valence-electron chi connectivity index (χ1n) is 6.13. The van der Waals surface area contributed by atoms with Gasteiger partial charge in [0.1, 0.15) is 11.5 Å². The number of halogens is 3. The molecule has 0 radical (unpaired) electrons. The van der Waals surface area contributed by atoms with Crippen LogP contribution in [-0.2, 0) is 12.6 Å². The summed E-state index contributed by atoms with van der Waals surface area (Å²) in [5.74, 6) is 0.613. The van der Waals surface area contributed by atoms with Gasteiger partial charge < -0.3 is 10.5 Å². The number of anilines is 1. The lowest BCUT2D eigenvalue weighted by molar-refractivity contribution is -0.137. The number of hydrogen-bond acceptors (Lipinski definition) is 2. The number of hydrogen-bond donors (Lipinski definition) is 1. The molecular formula is C15H14F3NO. The zero-order chi connectivity index (χ0) is 14.8. The Morgan fingerprint density at radius 3 is 2.40 bits per heavy atom. The van der Waals surface area contributed by atoms with Crippen molar-refractivity contribution in [2.75, 3.05) is 5.73 Å². The summed E-state index contributed by atoms with van der Waals surface area (Å²) in [7, 11) is 0. The highest BCUT2D eigenvalue weighted by atomic mass is 19.4. The van der Waals surface area contributed by atoms with Gasteiger partial charge in [-0.05, 0) is 42.3 Å². The molecule has 0 bridgehead atoms. The van der Waals surface area contributed by atoms with Crippen LogP contribution in [0, 0.1) is 0 Å². The van der Waals surface area contributed by atoms with Gasteiger partial charge >= 0.3 is 6.18 Å². The molecule has 0 atom stereocenters. The summed E-state index contributed by atoms with van der Waals surface area (Å²) in [5.41, 5.74) is 5.19. The van der Waals surface area contributed by atoms with Crippen LogP contribution in [0.25, 0.3) is 0 Å². The standard InChI is InChI=1S/C15H14F3NO/c1-2-10-4-3-5-11(8-10)20-12-6-7-14(19)13(9-12)15(16,17)18/h3-9H,2,19H2,1H3. The Balaban J connectivity index is 2.30. The molecule has 20 heavy (non-hydrogen) atoms. The summed E-state index contributed by atoms with van der Waals surface area (Å²) in [5, 5.41) is 0. The van der Waals surface area contributed by atoms with Crippen molar-refractivity contribution in [1.82, 2.24) is 0 Å². The van der Waals surface area contributed by atoms with E-state index in [0.29, 0.717) is 5.75 Å². The summed E-state index contributed by atoms with van der Waals surface area (Å²) in [6.45, 7) is 1.99. The van der Waals surface area contributed by atoms with Crippen LogP contribution in [0.3, 0.4) is 0 Å². The van der Waals surface area contributed by atoms with Gasteiger partial charge in [-0.1, -0.05) is 19.1 Å². The van der Waals surface area contributed by atoms with Gasteiger partial charge in [0.15, 0.2) is 0 Å². The third kappa shape index (κ3) is 3.23. The van der Waals surface area contributed by atoms with Crippen molar-refractivity contribution in [2.24, 2.45) is 0 Å². The van der Waals surface area contributed by atoms with Crippen molar-refractivity contribution in [3.63, 3.8) is 0 Å². The van der Waals surface area contributed by atoms with Crippen molar-refractivity contribution in [3.05, 3.63) is 53.6 Å². The second-order valence-electron chi connectivity index (χ2n) is 4.35. The average molecular weight is 281 g/mol. The van der Waals surface area contributed by atoms with Gasteiger partial charge in [-0.25, -0.2) is 0 Å². The lowest BCUT2D eigenvalue weighted by Gasteiger charge is -2.12. The van der Waals surface area contributed by atoms with Gasteiger partial charge in [0.05, 0.1) is 5.56 Å². The lowest BCUT2D eigenvalue weighted by atomic mass is 10.1. The van der Waals surface area contributed by atoms with Crippen molar-refractivity contribution in [2.45, 2.75) is 19.5 Å². The van der Waals surface area contributed by atoms with Crippen LogP contribution in [-0.4, -0.2) is 0 Å². The van der Waals surface area contributed by atoms with E-state index in [1.54, 1.807) is 18.2 Å². The highest BCUT2D eigenvalue weighted by Gasteiger charge is 2.33. The van der Waals surface area contributed by atoms with E-state index in [2.05, 4.69) is 0 Å². The summed E-state index contributed by atoms with van der Waals surface area (Å²) >= 11 is 0. The Labute approximate surface area is 115 Å². The molecule has 0 amide bonds. The first-order chi connectivity index (χ1) is 9.40. The van der Waals surface area contributed by atoms with Crippen LogP contribution in [0.5, 0.6) is 11.5 Å². The normalized spacial score (nSPS) is 11.4. The maximum absolute atomic E-state index is 12.8. The van der Waals surface area contributed by atoms with Gasteiger partial charge in [0, 0.05) is 5.69 Å². The minimum atomic E-state index is -4.49. The number of ether oxygens (including phenoxy) is 1. The molecule has 0 fully saturated rings. The predicted molar refractivity (Wildman–Crippen MR) is 71.8 cm³/mol. The molecule has 2 N–H and O–H groups in total. The van der Waals surface area contributed by atoms with Gasteiger partial charge in [-0.3, -0.25) is 0 Å². The van der Waals surface area contributed by atoms with Gasteiger partial charge in [-0.15, -0.1) is 0 Å². The van der Waals surface area contributed by atoms with Crippen molar-refractivity contribution < 1.29 is 17.9 Å². The first-order valence-corrected chi connectivity index (χ1v) is 6.13. The quantitative estimate of drug-likeness (QED) is 0.832. The minimum absolute atomic E-state index is 0.111. The minimum Gasteiger partial charge on any atom is -0.457 e. The smallest absolute Gasteiger partial charge is 0.418 e. The highest BCUT2D eigenvalue weighted by Crippen LogP contribution is 2.36. The molecule has 2 nitrogen and oxygen atoms in total. The fraction of sp³-hybridized carbons (Fsp3) is 0.200. The Morgan fingerprint density at radius 1 is 1.05 bits per heavy atom.